The molecule has 1 aromatic carbocycles. The van der Waals surface area contributed by atoms with E-state index in [0.29, 0.717) is 18.0 Å². The van der Waals surface area contributed by atoms with Crippen molar-refractivity contribution in [3.05, 3.63) is 57.0 Å². The van der Waals surface area contributed by atoms with Crippen LogP contribution in [-0.4, -0.2) is 4.92 Å². The van der Waals surface area contributed by atoms with Crippen LogP contribution in [0, 0.1) is 21.4 Å². The molecule has 0 fully saturated rings. The molecule has 19 heavy (non-hydrogen) atoms. The highest BCUT2D eigenvalue weighted by Crippen LogP contribution is 2.22. The number of nitriles is 1. The van der Waals surface area contributed by atoms with Crippen LogP contribution in [0.15, 0.2) is 34.7 Å². The number of nitrogens with zero attached hydrogens (tertiary/aromatic N) is 2. The minimum atomic E-state index is -0.545. The minimum absolute atomic E-state index is 0.122. The smallest absolute Gasteiger partial charge is 0.270 e. The van der Waals surface area contributed by atoms with E-state index in [0.717, 1.165) is 0 Å². The van der Waals surface area contributed by atoms with E-state index >= 15 is 0 Å². The van der Waals surface area contributed by atoms with E-state index in [9.17, 15) is 10.1 Å². The summed E-state index contributed by atoms with van der Waals surface area (Å²) in [5.41, 5.74) is 0.579. The monoisotopic (exact) mass is 277 g/mol. The van der Waals surface area contributed by atoms with Gasteiger partial charge in [-0.2, -0.15) is 5.26 Å². The Morgan fingerprint density at radius 2 is 2.21 bits per heavy atom. The molecule has 1 aromatic heterocycles. The Kier molecular flexibility index (Phi) is 3.68. The molecule has 0 saturated heterocycles. The first kappa shape index (κ1) is 12.9. The number of benzene rings is 1. The number of hydrogen-bond donors (Lipinski definition) is 1. The van der Waals surface area contributed by atoms with Crippen LogP contribution in [0.5, 0.6) is 0 Å². The summed E-state index contributed by atoms with van der Waals surface area (Å²) in [6.45, 7) is 0.333. The molecule has 6 nitrogen and oxygen atoms in total. The van der Waals surface area contributed by atoms with Crippen molar-refractivity contribution in [2.24, 2.45) is 0 Å². The summed E-state index contributed by atoms with van der Waals surface area (Å²) in [5.74, 6) is 0.604. The molecule has 96 valence electrons. The molecule has 2 aromatic rings. The van der Waals surface area contributed by atoms with Crippen molar-refractivity contribution in [1.29, 1.82) is 5.26 Å². The highest BCUT2D eigenvalue weighted by atomic mass is 35.5. The molecule has 1 N–H and O–H groups in total. The number of rotatable bonds is 4. The lowest BCUT2D eigenvalue weighted by Crippen LogP contribution is -2.01. The van der Waals surface area contributed by atoms with Gasteiger partial charge >= 0.3 is 0 Å². The number of halogens is 1. The molecular weight excluding hydrogens is 270 g/mol. The Morgan fingerprint density at radius 3 is 2.79 bits per heavy atom. The Bertz CT molecular complexity index is 660. The van der Waals surface area contributed by atoms with Crippen LogP contribution < -0.4 is 5.32 Å². The number of furan rings is 1. The van der Waals surface area contributed by atoms with E-state index < -0.39 is 4.92 Å². The lowest BCUT2D eigenvalue weighted by molar-refractivity contribution is -0.384. The van der Waals surface area contributed by atoms with E-state index in [1.165, 1.54) is 18.2 Å². The van der Waals surface area contributed by atoms with E-state index in [-0.39, 0.29) is 16.5 Å². The first-order valence-electron chi connectivity index (χ1n) is 5.27. The number of hydrogen-bond acceptors (Lipinski definition) is 5. The molecule has 0 saturated carbocycles. The van der Waals surface area contributed by atoms with Gasteiger partial charge in [-0.05, 0) is 29.8 Å². The molecule has 0 amide bonds. The van der Waals surface area contributed by atoms with Gasteiger partial charge in [0, 0.05) is 12.1 Å². The average Bonchev–Trinajstić information content (AvgIpc) is 2.81. The largest absolute Gasteiger partial charge is 0.448 e. The molecule has 0 unspecified atom stereocenters. The Labute approximate surface area is 113 Å². The topological polar surface area (TPSA) is 92.1 Å². The van der Waals surface area contributed by atoms with Gasteiger partial charge in [0.1, 0.15) is 11.8 Å². The maximum atomic E-state index is 10.6. The summed E-state index contributed by atoms with van der Waals surface area (Å²) in [5, 5.41) is 22.8. The van der Waals surface area contributed by atoms with Crippen LogP contribution in [0.2, 0.25) is 5.22 Å². The van der Waals surface area contributed by atoms with Gasteiger partial charge in [-0.3, -0.25) is 10.1 Å². The van der Waals surface area contributed by atoms with Crippen molar-refractivity contribution >= 4 is 23.0 Å². The molecule has 0 bridgehead atoms. The summed E-state index contributed by atoms with van der Waals surface area (Å²) < 4.78 is 5.15. The van der Waals surface area contributed by atoms with Crippen LogP contribution in [0.4, 0.5) is 11.4 Å². The van der Waals surface area contributed by atoms with Gasteiger partial charge in [-0.15, -0.1) is 0 Å². The zero-order chi connectivity index (χ0) is 13.8. The lowest BCUT2D eigenvalue weighted by atomic mass is 10.1. The van der Waals surface area contributed by atoms with Gasteiger partial charge in [0.15, 0.2) is 5.22 Å². The van der Waals surface area contributed by atoms with Crippen molar-refractivity contribution in [2.75, 3.05) is 5.32 Å². The molecule has 0 radical (unpaired) electrons. The maximum Gasteiger partial charge on any atom is 0.270 e. The molecule has 7 heteroatoms. The van der Waals surface area contributed by atoms with E-state index in [1.807, 2.05) is 6.07 Å². The summed E-state index contributed by atoms with van der Waals surface area (Å²) in [6.07, 6.45) is 0. The first-order valence-corrected chi connectivity index (χ1v) is 5.64. The molecule has 0 atom stereocenters. The van der Waals surface area contributed by atoms with E-state index in [2.05, 4.69) is 5.32 Å². The molecule has 0 aliphatic rings. The highest BCUT2D eigenvalue weighted by molar-refractivity contribution is 6.28. The van der Waals surface area contributed by atoms with Gasteiger partial charge in [-0.1, -0.05) is 0 Å². The van der Waals surface area contributed by atoms with Crippen LogP contribution in [0.1, 0.15) is 11.3 Å². The molecule has 0 spiro atoms. The van der Waals surface area contributed by atoms with Gasteiger partial charge in [0.2, 0.25) is 0 Å². The molecule has 2 rings (SSSR count). The number of nitrogens with one attached hydrogen (secondary N) is 1. The van der Waals surface area contributed by atoms with E-state index in [4.69, 9.17) is 21.3 Å². The van der Waals surface area contributed by atoms with E-state index in [1.54, 1.807) is 12.1 Å². The van der Waals surface area contributed by atoms with Crippen molar-refractivity contribution in [3.63, 3.8) is 0 Å². The summed E-state index contributed by atoms with van der Waals surface area (Å²) >= 11 is 5.63. The van der Waals surface area contributed by atoms with Crippen molar-refractivity contribution in [2.45, 2.75) is 6.54 Å². The number of non-ortho nitro benzene ring substituents is 1. The number of nitro benzene ring substituents is 1. The third-order valence-corrected chi connectivity index (χ3v) is 2.62. The first-order chi connectivity index (χ1) is 9.10. The zero-order valence-electron chi connectivity index (χ0n) is 9.59. The standard InChI is InChI=1S/C12H8ClN3O3/c13-12-4-2-10(19-12)7-15-11-3-1-9(16(17)18)5-8(11)6-14/h1-5,15H,7H2. The van der Waals surface area contributed by atoms with Gasteiger partial charge in [-0.25, -0.2) is 0 Å². The molecule has 0 aliphatic carbocycles. The van der Waals surface area contributed by atoms with Crippen molar-refractivity contribution < 1.29 is 9.34 Å². The molecule has 1 heterocycles. The normalized spacial score (nSPS) is 9.89. The van der Waals surface area contributed by atoms with Crippen molar-refractivity contribution in [1.82, 2.24) is 0 Å². The number of nitro groups is 1. The predicted octanol–water partition coefficient (Wildman–Crippen LogP) is 3.32. The Morgan fingerprint density at radius 1 is 1.42 bits per heavy atom. The third-order valence-electron chi connectivity index (χ3n) is 2.42. The Hall–Kier alpha value is -2.52. The van der Waals surface area contributed by atoms with Crippen LogP contribution in [-0.2, 0) is 6.54 Å². The van der Waals surface area contributed by atoms with Gasteiger partial charge in [0.25, 0.3) is 5.69 Å². The van der Waals surface area contributed by atoms with Gasteiger partial charge in [0.05, 0.1) is 22.7 Å². The second-order valence-corrected chi connectivity index (χ2v) is 4.03. The highest BCUT2D eigenvalue weighted by Gasteiger charge is 2.10. The minimum Gasteiger partial charge on any atom is -0.448 e. The lowest BCUT2D eigenvalue weighted by Gasteiger charge is -2.06. The average molecular weight is 278 g/mol. The fourth-order valence-corrected chi connectivity index (χ4v) is 1.68. The van der Waals surface area contributed by atoms with Crippen LogP contribution >= 0.6 is 11.6 Å². The Balaban J connectivity index is 2.16. The summed E-state index contributed by atoms with van der Waals surface area (Å²) in [7, 11) is 0. The van der Waals surface area contributed by atoms with Crippen LogP contribution in [0.3, 0.4) is 0 Å². The number of anilines is 1. The second-order valence-electron chi connectivity index (χ2n) is 3.66. The maximum absolute atomic E-state index is 10.6. The zero-order valence-corrected chi connectivity index (χ0v) is 10.3. The SMILES string of the molecule is N#Cc1cc([N+](=O)[O-])ccc1NCc1ccc(Cl)o1. The van der Waals surface area contributed by atoms with Crippen LogP contribution in [0.25, 0.3) is 0 Å². The summed E-state index contributed by atoms with van der Waals surface area (Å²) in [6, 6.07) is 9.26. The van der Waals surface area contributed by atoms with Gasteiger partial charge < -0.3 is 9.73 Å². The van der Waals surface area contributed by atoms with Crippen molar-refractivity contribution in [3.8, 4) is 6.07 Å². The second kappa shape index (κ2) is 5.42. The molecular formula is C12H8ClN3O3. The summed E-state index contributed by atoms with van der Waals surface area (Å²) in [4.78, 5) is 10.1. The quantitative estimate of drug-likeness (QED) is 0.683. The third kappa shape index (κ3) is 3.03. The molecule has 0 aliphatic heterocycles. The fraction of sp³-hybridized carbons (Fsp3) is 0.0833. The fourth-order valence-electron chi connectivity index (χ4n) is 1.52. The predicted molar refractivity (Wildman–Crippen MR) is 68.9 cm³/mol.